The molecule has 19 heavy (non-hydrogen) atoms. The van der Waals surface area contributed by atoms with Gasteiger partial charge in [0.25, 0.3) is 0 Å². The molecule has 0 rings (SSSR count). The number of esters is 1. The molecule has 0 saturated carbocycles. The van der Waals surface area contributed by atoms with Crippen molar-refractivity contribution in [1.82, 2.24) is 10.2 Å². The summed E-state index contributed by atoms with van der Waals surface area (Å²) in [7, 11) is 2.88. The summed E-state index contributed by atoms with van der Waals surface area (Å²) < 4.78 is 4.48. The van der Waals surface area contributed by atoms with E-state index < -0.39 is 5.97 Å². The van der Waals surface area contributed by atoms with Crippen molar-refractivity contribution in [2.75, 3.05) is 20.7 Å². The van der Waals surface area contributed by atoms with Crippen LogP contribution in [0.1, 0.15) is 32.6 Å². The molecule has 0 fully saturated rings. The fourth-order valence-electron chi connectivity index (χ4n) is 1.42. The quantitative estimate of drug-likeness (QED) is 0.639. The molecular formula is C12H22N2O5. The number of hydrogen-bond acceptors (Lipinski definition) is 4. The van der Waals surface area contributed by atoms with Gasteiger partial charge in [-0.1, -0.05) is 0 Å². The molecule has 0 aromatic rings. The van der Waals surface area contributed by atoms with Crippen LogP contribution in [0.3, 0.4) is 0 Å². The van der Waals surface area contributed by atoms with Crippen LogP contribution in [0.4, 0.5) is 4.79 Å². The number of nitrogens with zero attached hydrogens (tertiary/aromatic N) is 1. The maximum atomic E-state index is 11.7. The highest BCUT2D eigenvalue weighted by Gasteiger charge is 2.13. The number of ether oxygens (including phenoxy) is 1. The lowest BCUT2D eigenvalue weighted by Gasteiger charge is -2.20. The van der Waals surface area contributed by atoms with Crippen molar-refractivity contribution in [2.45, 2.75) is 38.6 Å². The van der Waals surface area contributed by atoms with Crippen LogP contribution in [0, 0.1) is 0 Å². The Morgan fingerprint density at radius 1 is 1.32 bits per heavy atom. The Hall–Kier alpha value is -1.79. The molecule has 0 heterocycles. The molecule has 0 saturated heterocycles. The zero-order chi connectivity index (χ0) is 14.8. The number of carboxylic acid groups (broad SMARTS) is 1. The molecule has 0 aliphatic rings. The molecule has 2 N–H and O–H groups in total. The highest BCUT2D eigenvalue weighted by molar-refractivity contribution is 5.75. The fourth-order valence-corrected chi connectivity index (χ4v) is 1.42. The van der Waals surface area contributed by atoms with E-state index in [4.69, 9.17) is 5.11 Å². The van der Waals surface area contributed by atoms with Gasteiger partial charge in [0, 0.05) is 26.1 Å². The SMILES string of the molecule is COC(=O)CCN(C)C(=O)NC(C)CCCC(=O)O. The molecule has 7 heteroatoms. The zero-order valence-corrected chi connectivity index (χ0v) is 11.6. The van der Waals surface area contributed by atoms with E-state index >= 15 is 0 Å². The van der Waals surface area contributed by atoms with Crippen LogP contribution >= 0.6 is 0 Å². The van der Waals surface area contributed by atoms with Crippen LogP contribution in [-0.4, -0.2) is 54.7 Å². The number of aliphatic carboxylic acids is 1. The molecule has 0 spiro atoms. The topological polar surface area (TPSA) is 95.9 Å². The summed E-state index contributed by atoms with van der Waals surface area (Å²) in [5.41, 5.74) is 0. The Kier molecular flexibility index (Phi) is 8.32. The highest BCUT2D eigenvalue weighted by atomic mass is 16.5. The predicted octanol–water partition coefficient (Wildman–Crippen LogP) is 0.834. The number of carboxylic acids is 1. The summed E-state index contributed by atoms with van der Waals surface area (Å²) in [5.74, 6) is -1.21. The van der Waals surface area contributed by atoms with Crippen molar-refractivity contribution in [1.29, 1.82) is 0 Å². The fraction of sp³-hybridized carbons (Fsp3) is 0.750. The molecule has 0 aliphatic heterocycles. The summed E-state index contributed by atoms with van der Waals surface area (Å²) in [6.07, 6.45) is 1.36. The first-order valence-corrected chi connectivity index (χ1v) is 6.17. The van der Waals surface area contributed by atoms with Gasteiger partial charge in [0.05, 0.1) is 13.5 Å². The molecule has 0 radical (unpaired) electrons. The lowest BCUT2D eigenvalue weighted by Crippen LogP contribution is -2.42. The maximum absolute atomic E-state index is 11.7. The number of carbonyl (C=O) groups excluding carboxylic acids is 2. The highest BCUT2D eigenvalue weighted by Crippen LogP contribution is 2.01. The van der Waals surface area contributed by atoms with E-state index in [2.05, 4.69) is 10.1 Å². The Morgan fingerprint density at radius 2 is 1.95 bits per heavy atom. The Labute approximate surface area is 112 Å². The molecule has 1 unspecified atom stereocenters. The monoisotopic (exact) mass is 274 g/mol. The number of urea groups is 1. The third-order valence-electron chi connectivity index (χ3n) is 2.62. The van der Waals surface area contributed by atoms with Gasteiger partial charge in [-0.2, -0.15) is 0 Å². The summed E-state index contributed by atoms with van der Waals surface area (Å²) in [4.78, 5) is 34.4. The van der Waals surface area contributed by atoms with E-state index in [9.17, 15) is 14.4 Å². The number of rotatable bonds is 8. The third-order valence-corrected chi connectivity index (χ3v) is 2.62. The van der Waals surface area contributed by atoms with E-state index in [1.165, 1.54) is 12.0 Å². The summed E-state index contributed by atoms with van der Waals surface area (Å²) in [5, 5.41) is 11.2. The number of methoxy groups -OCH3 is 1. The van der Waals surface area contributed by atoms with E-state index in [-0.39, 0.29) is 37.4 Å². The van der Waals surface area contributed by atoms with Gasteiger partial charge in [-0.3, -0.25) is 9.59 Å². The normalized spacial score (nSPS) is 11.5. The van der Waals surface area contributed by atoms with E-state index in [0.717, 1.165) is 0 Å². The van der Waals surface area contributed by atoms with Crippen molar-refractivity contribution in [3.8, 4) is 0 Å². The van der Waals surface area contributed by atoms with Gasteiger partial charge < -0.3 is 20.1 Å². The molecule has 0 bridgehead atoms. The second-order valence-corrected chi connectivity index (χ2v) is 4.38. The Balaban J connectivity index is 3.87. The maximum Gasteiger partial charge on any atom is 0.317 e. The summed E-state index contributed by atoms with van der Waals surface area (Å²) in [6.45, 7) is 2.09. The summed E-state index contributed by atoms with van der Waals surface area (Å²) in [6, 6.07) is -0.390. The van der Waals surface area contributed by atoms with Crippen LogP contribution in [-0.2, 0) is 14.3 Å². The molecule has 0 aromatic carbocycles. The van der Waals surface area contributed by atoms with Crippen molar-refractivity contribution < 1.29 is 24.2 Å². The minimum absolute atomic E-state index is 0.0956. The van der Waals surface area contributed by atoms with Gasteiger partial charge >= 0.3 is 18.0 Å². The van der Waals surface area contributed by atoms with E-state index in [1.54, 1.807) is 7.05 Å². The lowest BCUT2D eigenvalue weighted by molar-refractivity contribution is -0.141. The van der Waals surface area contributed by atoms with E-state index in [0.29, 0.717) is 12.8 Å². The van der Waals surface area contributed by atoms with Crippen LogP contribution in [0.2, 0.25) is 0 Å². The predicted molar refractivity (Wildman–Crippen MR) is 68.7 cm³/mol. The molecule has 110 valence electrons. The molecule has 0 aromatic heterocycles. The largest absolute Gasteiger partial charge is 0.481 e. The van der Waals surface area contributed by atoms with Crippen LogP contribution in [0.5, 0.6) is 0 Å². The Morgan fingerprint density at radius 3 is 2.47 bits per heavy atom. The lowest BCUT2D eigenvalue weighted by atomic mass is 10.1. The second-order valence-electron chi connectivity index (χ2n) is 4.38. The molecule has 1 atom stereocenters. The minimum Gasteiger partial charge on any atom is -0.481 e. The van der Waals surface area contributed by atoms with Gasteiger partial charge in [0.2, 0.25) is 0 Å². The van der Waals surface area contributed by atoms with Crippen molar-refractivity contribution in [3.63, 3.8) is 0 Å². The van der Waals surface area contributed by atoms with Gasteiger partial charge in [0.1, 0.15) is 0 Å². The van der Waals surface area contributed by atoms with Gasteiger partial charge in [0.15, 0.2) is 0 Å². The standard InChI is InChI=1S/C12H22N2O5/c1-9(5-4-6-10(15)16)13-12(18)14(2)8-7-11(17)19-3/h9H,4-8H2,1-3H3,(H,13,18)(H,15,16). The third kappa shape index (κ3) is 8.87. The first-order valence-electron chi connectivity index (χ1n) is 6.17. The number of carbonyl (C=O) groups is 3. The molecule has 7 nitrogen and oxygen atoms in total. The smallest absolute Gasteiger partial charge is 0.317 e. The average Bonchev–Trinajstić information content (AvgIpc) is 2.34. The van der Waals surface area contributed by atoms with Gasteiger partial charge in [-0.15, -0.1) is 0 Å². The van der Waals surface area contributed by atoms with Crippen molar-refractivity contribution in [3.05, 3.63) is 0 Å². The van der Waals surface area contributed by atoms with Crippen molar-refractivity contribution >= 4 is 18.0 Å². The molecule has 0 aliphatic carbocycles. The first-order chi connectivity index (χ1) is 8.86. The molecular weight excluding hydrogens is 252 g/mol. The Bertz CT molecular complexity index is 319. The average molecular weight is 274 g/mol. The zero-order valence-electron chi connectivity index (χ0n) is 11.6. The number of hydrogen-bond donors (Lipinski definition) is 2. The first kappa shape index (κ1) is 17.2. The van der Waals surface area contributed by atoms with Crippen LogP contribution in [0.25, 0.3) is 0 Å². The summed E-state index contributed by atoms with van der Waals surface area (Å²) >= 11 is 0. The second kappa shape index (κ2) is 9.18. The van der Waals surface area contributed by atoms with Crippen LogP contribution in [0.15, 0.2) is 0 Å². The molecule has 2 amide bonds. The van der Waals surface area contributed by atoms with Gasteiger partial charge in [-0.05, 0) is 19.8 Å². The number of nitrogens with one attached hydrogen (secondary N) is 1. The number of amides is 2. The van der Waals surface area contributed by atoms with Crippen molar-refractivity contribution in [2.24, 2.45) is 0 Å². The van der Waals surface area contributed by atoms with Gasteiger partial charge in [-0.25, -0.2) is 4.79 Å². The van der Waals surface area contributed by atoms with E-state index in [1.807, 2.05) is 6.92 Å². The minimum atomic E-state index is -0.839. The van der Waals surface area contributed by atoms with Crippen LogP contribution < -0.4 is 5.32 Å².